The molecule has 2 fully saturated rings. The van der Waals surface area contributed by atoms with Gasteiger partial charge in [0, 0.05) is 25.1 Å². The molecule has 0 aromatic heterocycles. The third-order valence-corrected chi connectivity index (χ3v) is 6.31. The minimum Gasteiger partial charge on any atom is -0.496 e. The van der Waals surface area contributed by atoms with Gasteiger partial charge < -0.3 is 9.64 Å². The van der Waals surface area contributed by atoms with Gasteiger partial charge in [0.1, 0.15) is 5.75 Å². The monoisotopic (exact) mass is 398 g/mol. The molecule has 1 atom stereocenters. The van der Waals surface area contributed by atoms with Gasteiger partial charge >= 0.3 is 0 Å². The number of nitrogens with zero attached hydrogens (tertiary/aromatic N) is 2. The van der Waals surface area contributed by atoms with Crippen molar-refractivity contribution in [2.75, 3.05) is 26.0 Å². The van der Waals surface area contributed by atoms with Crippen LogP contribution >= 0.6 is 11.8 Å². The molecule has 2 aliphatic rings. The van der Waals surface area contributed by atoms with Crippen molar-refractivity contribution in [3.05, 3.63) is 42.0 Å². The number of aryl methyl sites for hydroxylation is 1. The number of benzene rings is 2. The molecule has 0 radical (unpaired) electrons. The van der Waals surface area contributed by atoms with Gasteiger partial charge in [-0.3, -0.25) is 19.3 Å². The molecule has 146 valence electrons. The highest BCUT2D eigenvalue weighted by atomic mass is 32.2. The van der Waals surface area contributed by atoms with Crippen LogP contribution in [0.2, 0.25) is 0 Å². The summed E-state index contributed by atoms with van der Waals surface area (Å²) in [5.41, 5.74) is 1.03. The number of methoxy groups -OCH3 is 1. The summed E-state index contributed by atoms with van der Waals surface area (Å²) in [5, 5.41) is 2.03. The second-order valence-corrected chi connectivity index (χ2v) is 7.99. The normalized spacial score (nSPS) is 19.7. The summed E-state index contributed by atoms with van der Waals surface area (Å²) >= 11 is 1.04. The highest BCUT2D eigenvalue weighted by Gasteiger charge is 2.40. The molecule has 3 amide bonds. The quantitative estimate of drug-likeness (QED) is 0.774. The van der Waals surface area contributed by atoms with Crippen molar-refractivity contribution in [3.63, 3.8) is 0 Å². The van der Waals surface area contributed by atoms with Crippen LogP contribution in [0.5, 0.6) is 5.75 Å². The molecule has 2 aliphatic heterocycles. The van der Waals surface area contributed by atoms with Crippen LogP contribution in [0.15, 0.2) is 36.4 Å². The van der Waals surface area contributed by atoms with E-state index >= 15 is 0 Å². The zero-order valence-electron chi connectivity index (χ0n) is 15.7. The number of carbonyl (C=O) groups excluding carboxylic acids is 3. The molecule has 28 heavy (non-hydrogen) atoms. The van der Waals surface area contributed by atoms with E-state index in [1.807, 2.05) is 36.4 Å². The van der Waals surface area contributed by atoms with Gasteiger partial charge in [-0.25, -0.2) is 0 Å². The number of fused-ring (bicyclic) bond motifs is 1. The largest absolute Gasteiger partial charge is 0.496 e. The van der Waals surface area contributed by atoms with E-state index in [-0.39, 0.29) is 28.8 Å². The van der Waals surface area contributed by atoms with Crippen LogP contribution in [-0.2, 0) is 16.0 Å². The zero-order chi connectivity index (χ0) is 19.7. The van der Waals surface area contributed by atoms with E-state index in [0.29, 0.717) is 32.4 Å². The predicted molar refractivity (Wildman–Crippen MR) is 109 cm³/mol. The van der Waals surface area contributed by atoms with Crippen LogP contribution in [0, 0.1) is 0 Å². The van der Waals surface area contributed by atoms with E-state index < -0.39 is 0 Å². The lowest BCUT2D eigenvalue weighted by molar-refractivity contribution is -0.131. The third kappa shape index (κ3) is 3.46. The molecular weight excluding hydrogens is 376 g/mol. The predicted octanol–water partition coefficient (Wildman–Crippen LogP) is 3.08. The SMILES string of the molecule is COc1ccc2ccccc2c1CCC(=O)N1CCC(N2C(=O)CSC2=O)C1. The van der Waals surface area contributed by atoms with E-state index in [4.69, 9.17) is 4.74 Å². The van der Waals surface area contributed by atoms with Gasteiger partial charge in [-0.1, -0.05) is 42.1 Å². The van der Waals surface area contributed by atoms with Gasteiger partial charge in [-0.15, -0.1) is 0 Å². The first kappa shape index (κ1) is 18.8. The number of thioether (sulfide) groups is 1. The standard InChI is InChI=1S/C21H22N2O4S/c1-27-18-8-6-14-4-2-3-5-16(14)17(18)7-9-19(24)22-11-10-15(12-22)23-20(25)13-28-21(23)26/h2-6,8,15H,7,9-13H2,1H3. The lowest BCUT2D eigenvalue weighted by atomic mass is 9.99. The number of hydrogen-bond donors (Lipinski definition) is 0. The van der Waals surface area contributed by atoms with Crippen LogP contribution in [0.4, 0.5) is 4.79 Å². The Morgan fingerprint density at radius 1 is 1.21 bits per heavy atom. The number of rotatable bonds is 5. The molecule has 0 N–H and O–H groups in total. The second-order valence-electron chi connectivity index (χ2n) is 7.07. The molecule has 2 aromatic carbocycles. The van der Waals surface area contributed by atoms with Crippen molar-refractivity contribution < 1.29 is 19.1 Å². The Morgan fingerprint density at radius 3 is 2.79 bits per heavy atom. The summed E-state index contributed by atoms with van der Waals surface area (Å²) in [6.07, 6.45) is 1.61. The van der Waals surface area contributed by atoms with Crippen LogP contribution in [0.1, 0.15) is 18.4 Å². The summed E-state index contributed by atoms with van der Waals surface area (Å²) in [5.74, 6) is 0.902. The molecule has 0 bridgehead atoms. The molecule has 0 spiro atoms. The van der Waals surface area contributed by atoms with Crippen molar-refractivity contribution in [3.8, 4) is 5.75 Å². The van der Waals surface area contributed by atoms with Crippen LogP contribution in [0.25, 0.3) is 10.8 Å². The van der Waals surface area contributed by atoms with Gasteiger partial charge in [0.05, 0.1) is 18.9 Å². The van der Waals surface area contributed by atoms with Gasteiger partial charge in [-0.2, -0.15) is 0 Å². The Kier molecular flexibility index (Phi) is 5.26. The number of imide groups is 1. The molecule has 7 heteroatoms. The van der Waals surface area contributed by atoms with Gasteiger partial charge in [0.25, 0.3) is 5.24 Å². The molecule has 1 unspecified atom stereocenters. The van der Waals surface area contributed by atoms with E-state index in [1.54, 1.807) is 12.0 Å². The Hall–Kier alpha value is -2.54. The molecule has 0 saturated carbocycles. The van der Waals surface area contributed by atoms with Gasteiger partial charge in [-0.05, 0) is 29.7 Å². The second kappa shape index (κ2) is 7.83. The minimum atomic E-state index is -0.190. The molecule has 2 aromatic rings. The Labute approximate surface area is 167 Å². The maximum absolute atomic E-state index is 12.8. The van der Waals surface area contributed by atoms with Crippen molar-refractivity contribution in [1.82, 2.24) is 9.80 Å². The molecule has 2 saturated heterocycles. The summed E-state index contributed by atoms with van der Waals surface area (Å²) in [4.78, 5) is 39.7. The average molecular weight is 398 g/mol. The zero-order valence-corrected chi connectivity index (χ0v) is 16.5. The third-order valence-electron chi connectivity index (χ3n) is 5.47. The molecule has 0 aliphatic carbocycles. The minimum absolute atomic E-state index is 0.0456. The first-order valence-corrected chi connectivity index (χ1v) is 10.4. The average Bonchev–Trinajstić information content (AvgIpc) is 3.32. The number of carbonyl (C=O) groups is 3. The number of ether oxygens (including phenoxy) is 1. The molecular formula is C21H22N2O4S. The molecule has 6 nitrogen and oxygen atoms in total. The Balaban J connectivity index is 1.44. The Morgan fingerprint density at radius 2 is 2.04 bits per heavy atom. The number of amides is 3. The summed E-state index contributed by atoms with van der Waals surface area (Å²) in [6, 6.07) is 11.8. The van der Waals surface area contributed by atoms with Gasteiger partial charge in [0.15, 0.2) is 0 Å². The fraction of sp³-hybridized carbons (Fsp3) is 0.381. The van der Waals surface area contributed by atoms with E-state index in [0.717, 1.165) is 33.8 Å². The van der Waals surface area contributed by atoms with E-state index in [1.165, 1.54) is 4.90 Å². The lowest BCUT2D eigenvalue weighted by Crippen LogP contribution is -2.41. The maximum atomic E-state index is 12.8. The molecule has 4 rings (SSSR count). The van der Waals surface area contributed by atoms with Crippen molar-refractivity contribution in [2.24, 2.45) is 0 Å². The number of hydrogen-bond acceptors (Lipinski definition) is 5. The number of likely N-dealkylation sites (tertiary alicyclic amines) is 1. The van der Waals surface area contributed by atoms with Crippen molar-refractivity contribution >= 4 is 39.6 Å². The maximum Gasteiger partial charge on any atom is 0.289 e. The Bertz CT molecular complexity index is 929. The van der Waals surface area contributed by atoms with Crippen LogP contribution in [0.3, 0.4) is 0 Å². The summed E-state index contributed by atoms with van der Waals surface area (Å²) < 4.78 is 5.51. The highest BCUT2D eigenvalue weighted by Crippen LogP contribution is 2.30. The molecule has 2 heterocycles. The summed E-state index contributed by atoms with van der Waals surface area (Å²) in [6.45, 7) is 1.02. The lowest BCUT2D eigenvalue weighted by Gasteiger charge is -2.22. The van der Waals surface area contributed by atoms with Crippen LogP contribution < -0.4 is 4.74 Å². The first-order valence-electron chi connectivity index (χ1n) is 9.39. The smallest absolute Gasteiger partial charge is 0.289 e. The van der Waals surface area contributed by atoms with E-state index in [9.17, 15) is 14.4 Å². The van der Waals surface area contributed by atoms with Crippen molar-refractivity contribution in [1.29, 1.82) is 0 Å². The fourth-order valence-electron chi connectivity index (χ4n) is 4.05. The highest BCUT2D eigenvalue weighted by molar-refractivity contribution is 8.14. The topological polar surface area (TPSA) is 66.9 Å². The van der Waals surface area contributed by atoms with Crippen LogP contribution in [-0.4, -0.2) is 58.8 Å². The summed E-state index contributed by atoms with van der Waals surface area (Å²) in [7, 11) is 1.64. The van der Waals surface area contributed by atoms with E-state index in [2.05, 4.69) is 0 Å². The fourth-order valence-corrected chi connectivity index (χ4v) is 4.83. The van der Waals surface area contributed by atoms with Gasteiger partial charge in [0.2, 0.25) is 11.8 Å². The van der Waals surface area contributed by atoms with Crippen molar-refractivity contribution in [2.45, 2.75) is 25.3 Å². The first-order chi connectivity index (χ1) is 13.6.